The first-order valence-corrected chi connectivity index (χ1v) is 9.62. The summed E-state index contributed by atoms with van der Waals surface area (Å²) in [6, 6.07) is 17.9. The Morgan fingerprint density at radius 3 is 2.69 bits per heavy atom. The summed E-state index contributed by atoms with van der Waals surface area (Å²) in [7, 11) is 0. The van der Waals surface area contributed by atoms with Crippen LogP contribution in [0.4, 0.5) is 5.69 Å². The van der Waals surface area contributed by atoms with Crippen LogP contribution in [0, 0.1) is 0 Å². The van der Waals surface area contributed by atoms with Crippen molar-refractivity contribution in [3.8, 4) is 0 Å². The molecule has 26 heavy (non-hydrogen) atoms. The van der Waals surface area contributed by atoms with Gasteiger partial charge in [0, 0.05) is 31.7 Å². The molecular weight excluding hydrogens is 324 g/mol. The Balaban J connectivity index is 1.58. The summed E-state index contributed by atoms with van der Waals surface area (Å²) < 4.78 is 5.97. The molecule has 4 nitrogen and oxygen atoms in total. The number of carbonyl (C=O) groups is 1. The second-order valence-corrected chi connectivity index (χ2v) is 7.16. The van der Waals surface area contributed by atoms with E-state index in [0.29, 0.717) is 5.56 Å². The maximum absolute atomic E-state index is 12.6. The Morgan fingerprint density at radius 1 is 1.12 bits per heavy atom. The van der Waals surface area contributed by atoms with Gasteiger partial charge >= 0.3 is 5.97 Å². The number of ether oxygens (including phenoxy) is 1. The van der Waals surface area contributed by atoms with Crippen molar-refractivity contribution in [2.75, 3.05) is 18.0 Å². The minimum atomic E-state index is -0.216. The minimum Gasteiger partial charge on any atom is -0.455 e. The minimum absolute atomic E-state index is 0.0899. The van der Waals surface area contributed by atoms with Crippen molar-refractivity contribution in [2.24, 2.45) is 0 Å². The Labute approximate surface area is 155 Å². The van der Waals surface area contributed by atoms with Crippen molar-refractivity contribution in [3.05, 3.63) is 65.7 Å². The monoisotopic (exact) mass is 350 g/mol. The van der Waals surface area contributed by atoms with Crippen molar-refractivity contribution < 1.29 is 9.53 Å². The van der Waals surface area contributed by atoms with Gasteiger partial charge in [-0.3, -0.25) is 4.90 Å². The number of hydrogen-bond donors (Lipinski definition) is 0. The molecule has 2 aromatic carbocycles. The number of rotatable bonds is 5. The lowest BCUT2D eigenvalue weighted by Gasteiger charge is -2.44. The summed E-state index contributed by atoms with van der Waals surface area (Å²) in [5.74, 6) is -0.216. The van der Waals surface area contributed by atoms with Gasteiger partial charge in [-0.1, -0.05) is 49.7 Å². The smallest absolute Gasteiger partial charge is 0.338 e. The molecule has 2 aliphatic heterocycles. The lowest BCUT2D eigenvalue weighted by atomic mass is 10.1. The highest BCUT2D eigenvalue weighted by Gasteiger charge is 2.43. The van der Waals surface area contributed by atoms with Gasteiger partial charge in [-0.2, -0.15) is 0 Å². The van der Waals surface area contributed by atoms with Crippen molar-refractivity contribution in [1.29, 1.82) is 0 Å². The molecule has 2 atom stereocenters. The van der Waals surface area contributed by atoms with Crippen LogP contribution in [-0.4, -0.2) is 36.2 Å². The first-order valence-electron chi connectivity index (χ1n) is 9.62. The van der Waals surface area contributed by atoms with Crippen LogP contribution in [0.5, 0.6) is 0 Å². The van der Waals surface area contributed by atoms with Crippen molar-refractivity contribution >= 4 is 11.7 Å². The average Bonchev–Trinajstić information content (AvgIpc) is 3.08. The van der Waals surface area contributed by atoms with E-state index in [4.69, 9.17) is 4.74 Å². The lowest BCUT2D eigenvalue weighted by Crippen LogP contribution is -2.54. The third kappa shape index (κ3) is 3.21. The molecule has 0 radical (unpaired) electrons. The SMILES string of the molecule is CCCCN1c2ccccc2CN2CC[C@@H](OC(=O)c3ccccc3)C21. The highest BCUT2D eigenvalue weighted by molar-refractivity contribution is 5.89. The third-order valence-electron chi connectivity index (χ3n) is 5.42. The van der Waals surface area contributed by atoms with Crippen LogP contribution in [0.2, 0.25) is 0 Å². The van der Waals surface area contributed by atoms with Crippen molar-refractivity contribution in [1.82, 2.24) is 4.90 Å². The molecule has 2 heterocycles. The third-order valence-corrected chi connectivity index (χ3v) is 5.42. The van der Waals surface area contributed by atoms with E-state index in [9.17, 15) is 4.79 Å². The summed E-state index contributed by atoms with van der Waals surface area (Å²) in [6.07, 6.45) is 3.23. The van der Waals surface area contributed by atoms with Gasteiger partial charge in [0.25, 0.3) is 0 Å². The first kappa shape index (κ1) is 17.1. The summed E-state index contributed by atoms with van der Waals surface area (Å²) >= 11 is 0. The predicted molar refractivity (Wildman–Crippen MR) is 103 cm³/mol. The van der Waals surface area contributed by atoms with E-state index in [1.165, 1.54) is 11.3 Å². The van der Waals surface area contributed by atoms with E-state index in [0.717, 1.165) is 38.9 Å². The molecular formula is C22H26N2O2. The second kappa shape index (κ2) is 7.50. The highest BCUT2D eigenvalue weighted by atomic mass is 16.5. The maximum atomic E-state index is 12.6. The number of hydrogen-bond acceptors (Lipinski definition) is 4. The number of unbranched alkanes of at least 4 members (excludes halogenated alkanes) is 1. The predicted octanol–water partition coefficient (Wildman–Crippen LogP) is 4.06. The largest absolute Gasteiger partial charge is 0.455 e. The Hall–Kier alpha value is -2.33. The lowest BCUT2D eigenvalue weighted by molar-refractivity contribution is 0.0183. The van der Waals surface area contributed by atoms with Gasteiger partial charge < -0.3 is 9.64 Å². The van der Waals surface area contributed by atoms with Gasteiger partial charge in [-0.25, -0.2) is 4.79 Å². The molecule has 0 aliphatic carbocycles. The topological polar surface area (TPSA) is 32.8 Å². The molecule has 0 amide bonds. The zero-order chi connectivity index (χ0) is 17.9. The summed E-state index contributed by atoms with van der Waals surface area (Å²) in [6.45, 7) is 5.11. The molecule has 0 N–H and O–H groups in total. The first-order chi connectivity index (χ1) is 12.8. The number of anilines is 1. The van der Waals surface area contributed by atoms with Crippen LogP contribution in [0.3, 0.4) is 0 Å². The average molecular weight is 350 g/mol. The normalized spacial score (nSPS) is 22.0. The molecule has 1 saturated heterocycles. The molecule has 2 aromatic rings. The maximum Gasteiger partial charge on any atom is 0.338 e. The second-order valence-electron chi connectivity index (χ2n) is 7.16. The van der Waals surface area contributed by atoms with Crippen LogP contribution < -0.4 is 4.90 Å². The van der Waals surface area contributed by atoms with Crippen LogP contribution in [0.25, 0.3) is 0 Å². The van der Waals surface area contributed by atoms with Gasteiger partial charge in [-0.05, 0) is 30.2 Å². The zero-order valence-corrected chi connectivity index (χ0v) is 15.3. The molecule has 2 aliphatic rings. The van der Waals surface area contributed by atoms with Gasteiger partial charge in [-0.15, -0.1) is 0 Å². The van der Waals surface area contributed by atoms with Crippen LogP contribution in [0.15, 0.2) is 54.6 Å². The zero-order valence-electron chi connectivity index (χ0n) is 15.3. The van der Waals surface area contributed by atoms with E-state index >= 15 is 0 Å². The highest BCUT2D eigenvalue weighted by Crippen LogP contribution is 2.37. The summed E-state index contributed by atoms with van der Waals surface area (Å²) in [5, 5.41) is 0. The van der Waals surface area contributed by atoms with Crippen LogP contribution >= 0.6 is 0 Å². The van der Waals surface area contributed by atoms with Crippen molar-refractivity contribution in [3.63, 3.8) is 0 Å². The Bertz CT molecular complexity index is 762. The van der Waals surface area contributed by atoms with Crippen LogP contribution in [-0.2, 0) is 11.3 Å². The van der Waals surface area contributed by atoms with E-state index in [-0.39, 0.29) is 18.2 Å². The number of nitrogens with zero attached hydrogens (tertiary/aromatic N) is 2. The van der Waals surface area contributed by atoms with E-state index < -0.39 is 0 Å². The fourth-order valence-electron chi connectivity index (χ4n) is 4.15. The molecule has 0 aromatic heterocycles. The molecule has 0 spiro atoms. The number of fused-ring (bicyclic) bond motifs is 2. The van der Waals surface area contributed by atoms with E-state index in [2.05, 4.69) is 41.0 Å². The molecule has 1 unspecified atom stereocenters. The Morgan fingerprint density at radius 2 is 1.88 bits per heavy atom. The molecule has 0 saturated carbocycles. The fraction of sp³-hybridized carbons (Fsp3) is 0.409. The van der Waals surface area contributed by atoms with Crippen LogP contribution in [0.1, 0.15) is 42.1 Å². The van der Waals surface area contributed by atoms with E-state index in [1.54, 1.807) is 0 Å². The number of carbonyl (C=O) groups excluding carboxylic acids is 1. The number of para-hydroxylation sites is 1. The quantitative estimate of drug-likeness (QED) is 0.761. The van der Waals surface area contributed by atoms with Crippen molar-refractivity contribution in [2.45, 2.75) is 45.0 Å². The summed E-state index contributed by atoms with van der Waals surface area (Å²) in [5.41, 5.74) is 3.29. The molecule has 4 rings (SSSR count). The van der Waals surface area contributed by atoms with E-state index in [1.807, 2.05) is 30.3 Å². The van der Waals surface area contributed by atoms with Gasteiger partial charge in [0.05, 0.1) is 5.56 Å². The standard InChI is InChI=1S/C22H26N2O2/c1-2-3-14-24-19-12-8-7-11-18(19)16-23-15-13-20(21(23)24)26-22(25)17-9-5-4-6-10-17/h4-12,20-21H,2-3,13-16H2,1H3/t20-,21?/m1/s1. The van der Waals surface area contributed by atoms with Gasteiger partial charge in [0.2, 0.25) is 0 Å². The molecule has 1 fully saturated rings. The summed E-state index contributed by atoms with van der Waals surface area (Å²) in [4.78, 5) is 17.5. The number of esters is 1. The molecule has 0 bridgehead atoms. The molecule has 136 valence electrons. The number of benzene rings is 2. The Kier molecular flexibility index (Phi) is 4.93. The molecule has 4 heteroatoms. The fourth-order valence-corrected chi connectivity index (χ4v) is 4.15. The van der Waals surface area contributed by atoms with Gasteiger partial charge in [0.15, 0.2) is 0 Å². The van der Waals surface area contributed by atoms with Gasteiger partial charge in [0.1, 0.15) is 12.3 Å².